The summed E-state index contributed by atoms with van der Waals surface area (Å²) in [5, 5.41) is 0. The summed E-state index contributed by atoms with van der Waals surface area (Å²) in [4.78, 5) is 0.228. The number of nitrogens with one attached hydrogen (secondary N) is 1. The average molecular weight is 290 g/mol. The van der Waals surface area contributed by atoms with Crippen LogP contribution in [0.1, 0.15) is 12.5 Å². The van der Waals surface area contributed by atoms with Crippen LogP contribution in [-0.2, 0) is 16.4 Å². The molecule has 2 aromatic carbocycles. The van der Waals surface area contributed by atoms with Gasteiger partial charge in [0.1, 0.15) is 0 Å². The van der Waals surface area contributed by atoms with Gasteiger partial charge in [0.2, 0.25) is 10.0 Å². The highest BCUT2D eigenvalue weighted by atomic mass is 32.2. The van der Waals surface area contributed by atoms with Gasteiger partial charge in [-0.2, -0.15) is 0 Å². The van der Waals surface area contributed by atoms with E-state index in [0.717, 1.165) is 5.56 Å². The van der Waals surface area contributed by atoms with Crippen LogP contribution in [0.4, 0.5) is 5.69 Å². The fourth-order valence-electron chi connectivity index (χ4n) is 1.99. The van der Waals surface area contributed by atoms with Gasteiger partial charge in [-0.25, -0.2) is 13.1 Å². The molecule has 2 rings (SSSR count). The molecule has 3 N–H and O–H groups in total. The van der Waals surface area contributed by atoms with E-state index in [1.54, 1.807) is 12.1 Å². The van der Waals surface area contributed by atoms with Crippen molar-refractivity contribution in [2.75, 3.05) is 5.73 Å². The lowest BCUT2D eigenvalue weighted by Gasteiger charge is -2.14. The molecule has 0 aliphatic heterocycles. The molecule has 106 valence electrons. The average Bonchev–Trinajstić information content (AvgIpc) is 2.39. The van der Waals surface area contributed by atoms with E-state index >= 15 is 0 Å². The first-order chi connectivity index (χ1) is 9.47. The molecule has 20 heavy (non-hydrogen) atoms. The van der Waals surface area contributed by atoms with E-state index in [4.69, 9.17) is 5.73 Å². The van der Waals surface area contributed by atoms with Gasteiger partial charge in [-0.3, -0.25) is 0 Å². The van der Waals surface area contributed by atoms with Crippen molar-refractivity contribution in [2.45, 2.75) is 24.3 Å². The van der Waals surface area contributed by atoms with Crippen molar-refractivity contribution in [3.05, 3.63) is 60.2 Å². The molecule has 0 amide bonds. The number of rotatable bonds is 5. The maximum absolute atomic E-state index is 12.2. The topological polar surface area (TPSA) is 72.2 Å². The van der Waals surface area contributed by atoms with Crippen molar-refractivity contribution < 1.29 is 8.42 Å². The predicted octanol–water partition coefficient (Wildman–Crippen LogP) is 2.18. The molecule has 0 fully saturated rings. The standard InChI is InChI=1S/C15H18N2O2S/c1-12(11-13-5-3-2-4-6-13)17-20(18,19)15-9-7-14(16)8-10-15/h2-10,12,17H,11,16H2,1H3. The smallest absolute Gasteiger partial charge is 0.240 e. The Morgan fingerprint density at radius 3 is 2.25 bits per heavy atom. The lowest BCUT2D eigenvalue weighted by Crippen LogP contribution is -2.34. The largest absolute Gasteiger partial charge is 0.399 e. The summed E-state index contributed by atoms with van der Waals surface area (Å²) in [7, 11) is -3.50. The Balaban J connectivity index is 2.06. The summed E-state index contributed by atoms with van der Waals surface area (Å²) in [6.07, 6.45) is 0.648. The van der Waals surface area contributed by atoms with Gasteiger partial charge < -0.3 is 5.73 Å². The molecule has 0 saturated heterocycles. The minimum Gasteiger partial charge on any atom is -0.399 e. The van der Waals surface area contributed by atoms with E-state index in [1.807, 2.05) is 37.3 Å². The van der Waals surface area contributed by atoms with Crippen molar-refractivity contribution >= 4 is 15.7 Å². The quantitative estimate of drug-likeness (QED) is 0.829. The fourth-order valence-corrected chi connectivity index (χ4v) is 3.23. The molecule has 1 atom stereocenters. The molecule has 0 aromatic heterocycles. The third-order valence-electron chi connectivity index (χ3n) is 2.93. The third-order valence-corrected chi connectivity index (χ3v) is 4.54. The van der Waals surface area contributed by atoms with Gasteiger partial charge in [0.05, 0.1) is 4.90 Å². The number of hydrogen-bond acceptors (Lipinski definition) is 3. The van der Waals surface area contributed by atoms with Crippen molar-refractivity contribution in [3.8, 4) is 0 Å². The molecule has 0 heterocycles. The van der Waals surface area contributed by atoms with Crippen LogP contribution in [0.25, 0.3) is 0 Å². The first-order valence-corrected chi connectivity index (χ1v) is 7.87. The van der Waals surface area contributed by atoms with E-state index in [1.165, 1.54) is 12.1 Å². The zero-order valence-electron chi connectivity index (χ0n) is 11.3. The lowest BCUT2D eigenvalue weighted by molar-refractivity contribution is 0.560. The first kappa shape index (κ1) is 14.6. The van der Waals surface area contributed by atoms with Crippen LogP contribution in [-0.4, -0.2) is 14.5 Å². The van der Waals surface area contributed by atoms with Crippen LogP contribution in [0.5, 0.6) is 0 Å². The molecule has 0 radical (unpaired) electrons. The van der Waals surface area contributed by atoms with Crippen molar-refractivity contribution in [2.24, 2.45) is 0 Å². The first-order valence-electron chi connectivity index (χ1n) is 6.39. The third kappa shape index (κ3) is 3.82. The molecule has 0 aliphatic rings. The normalized spacial score (nSPS) is 13.1. The van der Waals surface area contributed by atoms with Crippen LogP contribution in [0.3, 0.4) is 0 Å². The second-order valence-electron chi connectivity index (χ2n) is 4.78. The van der Waals surface area contributed by atoms with Gasteiger partial charge in [-0.15, -0.1) is 0 Å². The maximum Gasteiger partial charge on any atom is 0.240 e. The molecule has 0 aliphatic carbocycles. The van der Waals surface area contributed by atoms with Gasteiger partial charge in [0, 0.05) is 11.7 Å². The molecule has 1 unspecified atom stereocenters. The van der Waals surface area contributed by atoms with Gasteiger partial charge in [0.15, 0.2) is 0 Å². The van der Waals surface area contributed by atoms with Gasteiger partial charge >= 0.3 is 0 Å². The number of sulfonamides is 1. The monoisotopic (exact) mass is 290 g/mol. The minimum atomic E-state index is -3.50. The van der Waals surface area contributed by atoms with Crippen molar-refractivity contribution in [3.63, 3.8) is 0 Å². The molecular weight excluding hydrogens is 272 g/mol. The predicted molar refractivity (Wildman–Crippen MR) is 80.8 cm³/mol. The molecule has 4 nitrogen and oxygen atoms in total. The maximum atomic E-state index is 12.2. The van der Waals surface area contributed by atoms with Crippen LogP contribution in [0.2, 0.25) is 0 Å². The molecule has 0 spiro atoms. The summed E-state index contributed by atoms with van der Waals surface area (Å²) < 4.78 is 27.1. The Morgan fingerprint density at radius 2 is 1.65 bits per heavy atom. The number of nitrogen functional groups attached to an aromatic ring is 1. The van der Waals surface area contributed by atoms with Crippen LogP contribution in [0, 0.1) is 0 Å². The van der Waals surface area contributed by atoms with Gasteiger partial charge in [0.25, 0.3) is 0 Å². The summed E-state index contributed by atoms with van der Waals surface area (Å²) in [6, 6.07) is 15.8. The van der Waals surface area contributed by atoms with E-state index in [0.29, 0.717) is 12.1 Å². The highest BCUT2D eigenvalue weighted by molar-refractivity contribution is 7.89. The number of anilines is 1. The van der Waals surface area contributed by atoms with Gasteiger partial charge in [-0.1, -0.05) is 30.3 Å². The van der Waals surface area contributed by atoms with Crippen LogP contribution < -0.4 is 10.5 Å². The van der Waals surface area contributed by atoms with Crippen LogP contribution in [0.15, 0.2) is 59.5 Å². The zero-order chi connectivity index (χ0) is 14.6. The van der Waals surface area contributed by atoms with Crippen molar-refractivity contribution in [1.29, 1.82) is 0 Å². The SMILES string of the molecule is CC(Cc1ccccc1)NS(=O)(=O)c1ccc(N)cc1. The van der Waals surface area contributed by atoms with Crippen LogP contribution >= 0.6 is 0 Å². The Kier molecular flexibility index (Phi) is 4.42. The molecular formula is C15H18N2O2S. The second-order valence-corrected chi connectivity index (χ2v) is 6.50. The lowest BCUT2D eigenvalue weighted by atomic mass is 10.1. The van der Waals surface area contributed by atoms with E-state index in [2.05, 4.69) is 4.72 Å². The number of benzene rings is 2. The van der Waals surface area contributed by atoms with E-state index < -0.39 is 10.0 Å². The Hall–Kier alpha value is -1.85. The summed E-state index contributed by atoms with van der Waals surface area (Å²) in [6.45, 7) is 1.85. The molecule has 0 saturated carbocycles. The van der Waals surface area contributed by atoms with E-state index in [-0.39, 0.29) is 10.9 Å². The van der Waals surface area contributed by atoms with E-state index in [9.17, 15) is 8.42 Å². The Morgan fingerprint density at radius 1 is 1.05 bits per heavy atom. The highest BCUT2D eigenvalue weighted by Crippen LogP contribution is 2.13. The number of hydrogen-bond donors (Lipinski definition) is 2. The fraction of sp³-hybridized carbons (Fsp3) is 0.200. The molecule has 2 aromatic rings. The Labute approximate surface area is 119 Å². The summed E-state index contributed by atoms with van der Waals surface area (Å²) in [5.74, 6) is 0. The highest BCUT2D eigenvalue weighted by Gasteiger charge is 2.17. The van der Waals surface area contributed by atoms with Gasteiger partial charge in [-0.05, 0) is 43.2 Å². The number of nitrogens with two attached hydrogens (primary N) is 1. The summed E-state index contributed by atoms with van der Waals surface area (Å²) >= 11 is 0. The second kappa shape index (κ2) is 6.07. The zero-order valence-corrected chi connectivity index (χ0v) is 12.1. The molecule has 0 bridgehead atoms. The molecule has 5 heteroatoms. The summed E-state index contributed by atoms with van der Waals surface area (Å²) in [5.41, 5.74) is 7.20. The Bertz CT molecular complexity index is 652. The van der Waals surface area contributed by atoms with Crippen molar-refractivity contribution in [1.82, 2.24) is 4.72 Å². The minimum absolute atomic E-state index is 0.181.